The number of ether oxygens (including phenoxy) is 1. The molecule has 0 fully saturated rings. The average Bonchev–Trinajstić information content (AvgIpc) is 2.80. The Morgan fingerprint density at radius 2 is 1.56 bits per heavy atom. The number of amides is 2. The van der Waals surface area contributed by atoms with Crippen LogP contribution in [0.5, 0.6) is 5.75 Å². The van der Waals surface area contributed by atoms with Gasteiger partial charge >= 0.3 is 0 Å². The average molecular weight is 515 g/mol. The summed E-state index contributed by atoms with van der Waals surface area (Å²) >= 11 is 18.6. The Bertz CT molecular complexity index is 1290. The molecule has 0 saturated carbocycles. The molecular formula is C25H18Cl3N3O3. The number of nitrogens with one attached hydrogen (secondary N) is 2. The zero-order chi connectivity index (χ0) is 24.7. The predicted molar refractivity (Wildman–Crippen MR) is 135 cm³/mol. The first-order valence-electron chi connectivity index (χ1n) is 9.93. The van der Waals surface area contributed by atoms with Gasteiger partial charge in [0.25, 0.3) is 11.8 Å². The molecule has 0 bridgehead atoms. The van der Waals surface area contributed by atoms with Gasteiger partial charge in [0.2, 0.25) is 0 Å². The van der Waals surface area contributed by atoms with Crippen LogP contribution >= 0.6 is 34.8 Å². The van der Waals surface area contributed by atoms with E-state index in [-0.39, 0.29) is 28.0 Å². The second-order valence-corrected chi connectivity index (χ2v) is 8.29. The van der Waals surface area contributed by atoms with Crippen LogP contribution in [0, 0.1) is 18.3 Å². The van der Waals surface area contributed by atoms with Crippen molar-refractivity contribution < 1.29 is 14.3 Å². The molecule has 2 amide bonds. The number of carbonyl (C=O) groups excluding carboxylic acids is 2. The Hall–Kier alpha value is -3.50. The molecular weight excluding hydrogens is 497 g/mol. The number of nitrogens with zero attached hydrogens (tertiary/aromatic N) is 1. The van der Waals surface area contributed by atoms with E-state index in [4.69, 9.17) is 39.5 Å². The van der Waals surface area contributed by atoms with Crippen molar-refractivity contribution in [1.82, 2.24) is 0 Å². The molecule has 0 heterocycles. The lowest BCUT2D eigenvalue weighted by atomic mass is 10.1. The second-order valence-electron chi connectivity index (χ2n) is 7.07. The fourth-order valence-electron chi connectivity index (χ4n) is 2.91. The predicted octanol–water partition coefficient (Wildman–Crippen LogP) is 6.52. The Kier molecular flexibility index (Phi) is 8.55. The number of carbonyl (C=O) groups is 2. The molecule has 3 rings (SSSR count). The lowest BCUT2D eigenvalue weighted by molar-refractivity contribution is -0.118. The van der Waals surface area contributed by atoms with Crippen LogP contribution in [0.4, 0.5) is 11.4 Å². The highest BCUT2D eigenvalue weighted by Gasteiger charge is 2.15. The monoisotopic (exact) mass is 513 g/mol. The number of benzene rings is 3. The minimum atomic E-state index is -0.569. The second kappa shape index (κ2) is 11.6. The molecule has 0 aliphatic rings. The van der Waals surface area contributed by atoms with Gasteiger partial charge < -0.3 is 15.4 Å². The van der Waals surface area contributed by atoms with Gasteiger partial charge in [-0.15, -0.1) is 0 Å². The molecule has 0 saturated heterocycles. The minimum absolute atomic E-state index is 0.0951. The molecule has 0 unspecified atom stereocenters. The third-order valence-corrected chi connectivity index (χ3v) is 5.48. The molecule has 6 nitrogen and oxygen atoms in total. The smallest absolute Gasteiger partial charge is 0.266 e. The highest BCUT2D eigenvalue weighted by atomic mass is 35.5. The van der Waals surface area contributed by atoms with Crippen LogP contribution < -0.4 is 15.4 Å². The number of anilines is 2. The fourth-order valence-corrected chi connectivity index (χ4v) is 3.70. The zero-order valence-corrected chi connectivity index (χ0v) is 20.1. The third kappa shape index (κ3) is 6.52. The van der Waals surface area contributed by atoms with Crippen LogP contribution in [-0.4, -0.2) is 18.4 Å². The normalized spacial score (nSPS) is 10.9. The first kappa shape index (κ1) is 25.1. The van der Waals surface area contributed by atoms with Gasteiger partial charge in [0.05, 0.1) is 20.8 Å². The zero-order valence-electron chi connectivity index (χ0n) is 17.9. The molecule has 172 valence electrons. The van der Waals surface area contributed by atoms with Crippen LogP contribution in [0.15, 0.2) is 66.2 Å². The minimum Gasteiger partial charge on any atom is -0.481 e. The number of hydrogen-bond acceptors (Lipinski definition) is 4. The number of rotatable bonds is 7. The molecule has 0 atom stereocenters. The van der Waals surface area contributed by atoms with Crippen LogP contribution in [0.25, 0.3) is 6.08 Å². The molecule has 0 spiro atoms. The van der Waals surface area contributed by atoms with Gasteiger partial charge in [0.1, 0.15) is 11.6 Å². The van der Waals surface area contributed by atoms with Crippen LogP contribution in [0.2, 0.25) is 15.1 Å². The number of para-hydroxylation sites is 2. The molecule has 9 heteroatoms. The highest BCUT2D eigenvalue weighted by Crippen LogP contribution is 2.35. The Morgan fingerprint density at radius 3 is 2.18 bits per heavy atom. The summed E-state index contributed by atoms with van der Waals surface area (Å²) in [6, 6.07) is 18.8. The van der Waals surface area contributed by atoms with E-state index >= 15 is 0 Å². The molecule has 0 aromatic heterocycles. The summed E-state index contributed by atoms with van der Waals surface area (Å²) in [6.07, 6.45) is 1.36. The molecule has 0 aliphatic heterocycles. The van der Waals surface area contributed by atoms with Gasteiger partial charge in [-0.05, 0) is 54.5 Å². The largest absolute Gasteiger partial charge is 0.481 e. The number of nitriles is 1. The Labute approximate surface area is 211 Å². The van der Waals surface area contributed by atoms with Crippen LogP contribution in [0.1, 0.15) is 11.1 Å². The maximum Gasteiger partial charge on any atom is 0.266 e. The van der Waals surface area contributed by atoms with Crippen LogP contribution in [-0.2, 0) is 9.59 Å². The van der Waals surface area contributed by atoms with Crippen molar-refractivity contribution in [1.29, 1.82) is 5.26 Å². The van der Waals surface area contributed by atoms with E-state index in [2.05, 4.69) is 10.6 Å². The number of halogens is 3. The SMILES string of the molecule is Cc1ccccc1NC(=O)/C(C#N)=C\c1cc(Cl)c(OCC(=O)Nc2ccccc2Cl)c(Cl)c1. The lowest BCUT2D eigenvalue weighted by Gasteiger charge is -2.12. The summed E-state index contributed by atoms with van der Waals surface area (Å²) in [6.45, 7) is 1.49. The van der Waals surface area contributed by atoms with Gasteiger partial charge in [-0.1, -0.05) is 65.1 Å². The molecule has 2 N–H and O–H groups in total. The Morgan fingerprint density at radius 1 is 0.941 bits per heavy atom. The summed E-state index contributed by atoms with van der Waals surface area (Å²) < 4.78 is 5.48. The van der Waals surface area contributed by atoms with Gasteiger partial charge in [-0.25, -0.2) is 0 Å². The Balaban J connectivity index is 1.71. The maximum atomic E-state index is 12.5. The first-order valence-corrected chi connectivity index (χ1v) is 11.1. The van der Waals surface area contributed by atoms with Crippen molar-refractivity contribution in [2.75, 3.05) is 17.2 Å². The topological polar surface area (TPSA) is 91.2 Å². The fraction of sp³-hybridized carbons (Fsp3) is 0.0800. The van der Waals surface area contributed by atoms with Gasteiger partial charge in [0.15, 0.2) is 12.4 Å². The summed E-state index contributed by atoms with van der Waals surface area (Å²) in [7, 11) is 0. The molecule has 3 aromatic rings. The molecule has 34 heavy (non-hydrogen) atoms. The summed E-state index contributed by atoms with van der Waals surface area (Å²) in [5, 5.41) is 15.4. The van der Waals surface area contributed by atoms with Crippen molar-refractivity contribution in [3.05, 3.63) is 92.4 Å². The third-order valence-electron chi connectivity index (χ3n) is 4.59. The van der Waals surface area contributed by atoms with E-state index < -0.39 is 11.8 Å². The summed E-state index contributed by atoms with van der Waals surface area (Å²) in [4.78, 5) is 24.7. The van der Waals surface area contributed by atoms with E-state index in [1.54, 1.807) is 36.4 Å². The number of aryl methyl sites for hydroxylation is 1. The highest BCUT2D eigenvalue weighted by molar-refractivity contribution is 6.37. The van der Waals surface area contributed by atoms with E-state index in [9.17, 15) is 14.9 Å². The van der Waals surface area contributed by atoms with E-state index in [0.717, 1.165) is 5.56 Å². The van der Waals surface area contributed by atoms with Gasteiger partial charge in [-0.3, -0.25) is 9.59 Å². The van der Waals surface area contributed by atoms with E-state index in [0.29, 0.717) is 22.0 Å². The van der Waals surface area contributed by atoms with Crippen molar-refractivity contribution in [2.24, 2.45) is 0 Å². The standard InChI is InChI=1S/C25H18Cl3N3O3/c1-15-6-2-4-8-21(15)31-25(33)17(13-29)10-16-11-19(27)24(20(28)12-16)34-14-23(32)30-22-9-5-3-7-18(22)26/h2-12H,14H2,1H3,(H,30,32)(H,31,33)/b17-10-. The summed E-state index contributed by atoms with van der Waals surface area (Å²) in [5.74, 6) is -0.929. The lowest BCUT2D eigenvalue weighted by Crippen LogP contribution is -2.20. The molecule has 0 aliphatic carbocycles. The maximum absolute atomic E-state index is 12.5. The van der Waals surface area contributed by atoms with Crippen LogP contribution in [0.3, 0.4) is 0 Å². The van der Waals surface area contributed by atoms with E-state index in [1.165, 1.54) is 18.2 Å². The van der Waals surface area contributed by atoms with Crippen molar-refractivity contribution >= 4 is 64.1 Å². The summed E-state index contributed by atoms with van der Waals surface area (Å²) in [5.41, 5.74) is 2.19. The van der Waals surface area contributed by atoms with Crippen molar-refractivity contribution in [2.45, 2.75) is 6.92 Å². The van der Waals surface area contributed by atoms with Crippen molar-refractivity contribution in [3.8, 4) is 11.8 Å². The van der Waals surface area contributed by atoms with Gasteiger partial charge in [-0.2, -0.15) is 5.26 Å². The van der Waals surface area contributed by atoms with Crippen molar-refractivity contribution in [3.63, 3.8) is 0 Å². The quantitative estimate of drug-likeness (QED) is 0.277. The first-order chi connectivity index (χ1) is 16.3. The molecule has 3 aromatic carbocycles. The number of hydrogen-bond donors (Lipinski definition) is 2. The van der Waals surface area contributed by atoms with Gasteiger partial charge in [0, 0.05) is 5.69 Å². The molecule has 0 radical (unpaired) electrons. The van der Waals surface area contributed by atoms with E-state index in [1.807, 2.05) is 25.1 Å².